The van der Waals surface area contributed by atoms with E-state index < -0.39 is 15.9 Å². The molecule has 2 aliphatic rings. The Balaban J connectivity index is 1.82. The minimum absolute atomic E-state index is 0.0678. The summed E-state index contributed by atoms with van der Waals surface area (Å²) in [5.41, 5.74) is 0.365. The lowest BCUT2D eigenvalue weighted by Crippen LogP contribution is -2.48. The van der Waals surface area contributed by atoms with Gasteiger partial charge in [-0.05, 0) is 18.2 Å². The van der Waals surface area contributed by atoms with E-state index in [9.17, 15) is 22.8 Å². The molecule has 0 bridgehead atoms. The summed E-state index contributed by atoms with van der Waals surface area (Å²) in [6.07, 6.45) is 0.679. The summed E-state index contributed by atoms with van der Waals surface area (Å²) in [6.45, 7) is 1.69. The van der Waals surface area contributed by atoms with E-state index in [-0.39, 0.29) is 34.4 Å². The smallest absolute Gasteiger partial charge is 0.255 e. The maximum Gasteiger partial charge on any atom is 0.255 e. The van der Waals surface area contributed by atoms with Crippen molar-refractivity contribution in [2.75, 3.05) is 36.2 Å². The number of halogens is 1. The van der Waals surface area contributed by atoms with Crippen molar-refractivity contribution in [2.24, 2.45) is 0 Å². The van der Waals surface area contributed by atoms with E-state index in [1.165, 1.54) is 18.2 Å². The van der Waals surface area contributed by atoms with Crippen LogP contribution < -0.4 is 4.31 Å². The van der Waals surface area contributed by atoms with Crippen LogP contribution in [0.3, 0.4) is 0 Å². The van der Waals surface area contributed by atoms with E-state index in [2.05, 4.69) is 0 Å². The fourth-order valence-electron chi connectivity index (χ4n) is 2.87. The van der Waals surface area contributed by atoms with Crippen LogP contribution in [0.1, 0.15) is 16.8 Å². The fraction of sp³-hybridized carbons (Fsp3) is 0.400. The molecule has 0 N–H and O–H groups in total. The minimum Gasteiger partial charge on any atom is -0.342 e. The molecule has 2 heterocycles. The molecule has 0 radical (unpaired) electrons. The molecule has 3 amide bonds. The van der Waals surface area contributed by atoms with Crippen molar-refractivity contribution in [3.05, 3.63) is 28.8 Å². The number of nitrogens with zero attached hydrogens (tertiary/aromatic N) is 3. The van der Waals surface area contributed by atoms with Crippen LogP contribution in [0, 0.1) is 0 Å². The summed E-state index contributed by atoms with van der Waals surface area (Å²) in [7, 11) is -3.68. The predicted molar refractivity (Wildman–Crippen MR) is 90.9 cm³/mol. The van der Waals surface area contributed by atoms with Gasteiger partial charge in [0.15, 0.2) is 0 Å². The molecule has 0 atom stereocenters. The number of sulfonamides is 1. The van der Waals surface area contributed by atoms with Crippen molar-refractivity contribution in [1.82, 2.24) is 9.80 Å². The lowest BCUT2D eigenvalue weighted by Gasteiger charge is -2.32. The molecule has 2 saturated heterocycles. The summed E-state index contributed by atoms with van der Waals surface area (Å²) in [5.74, 6) is -1.04. The molecule has 2 aliphatic heterocycles. The number of anilines is 1. The van der Waals surface area contributed by atoms with E-state index >= 15 is 0 Å². The molecule has 25 heavy (non-hydrogen) atoms. The van der Waals surface area contributed by atoms with Crippen molar-refractivity contribution in [3.63, 3.8) is 0 Å². The molecule has 10 heteroatoms. The van der Waals surface area contributed by atoms with Crippen molar-refractivity contribution in [2.45, 2.75) is 6.42 Å². The van der Waals surface area contributed by atoms with Gasteiger partial charge in [-0.3, -0.25) is 14.4 Å². The van der Waals surface area contributed by atoms with Crippen LogP contribution in [-0.2, 0) is 19.6 Å². The van der Waals surface area contributed by atoms with Crippen LogP contribution in [0.15, 0.2) is 18.2 Å². The molecule has 3 rings (SSSR count). The van der Waals surface area contributed by atoms with Gasteiger partial charge in [-0.1, -0.05) is 11.6 Å². The second kappa shape index (κ2) is 6.64. The Bertz CT molecular complexity index is 834. The number of carbonyl (C=O) groups is 3. The van der Waals surface area contributed by atoms with Gasteiger partial charge >= 0.3 is 0 Å². The van der Waals surface area contributed by atoms with Crippen molar-refractivity contribution < 1.29 is 22.8 Å². The van der Waals surface area contributed by atoms with Gasteiger partial charge in [0, 0.05) is 32.6 Å². The van der Waals surface area contributed by atoms with Crippen LogP contribution in [0.25, 0.3) is 0 Å². The molecular weight excluding hydrogens is 370 g/mol. The lowest BCUT2D eigenvalue weighted by atomic mass is 10.1. The molecule has 0 saturated carbocycles. The highest BCUT2D eigenvalue weighted by Crippen LogP contribution is 2.30. The molecule has 0 aliphatic carbocycles. The van der Waals surface area contributed by atoms with Crippen LogP contribution in [0.5, 0.6) is 0 Å². The third-order valence-corrected chi connectivity index (χ3v) is 6.25. The summed E-state index contributed by atoms with van der Waals surface area (Å²) in [5, 5.41) is 0.0789. The number of rotatable bonds is 3. The Kier molecular flexibility index (Phi) is 4.70. The Labute approximate surface area is 150 Å². The first-order valence-corrected chi connectivity index (χ1v) is 9.66. The highest BCUT2D eigenvalue weighted by molar-refractivity contribution is 7.94. The van der Waals surface area contributed by atoms with Gasteiger partial charge in [0.05, 0.1) is 22.0 Å². The average Bonchev–Trinajstić information content (AvgIpc) is 2.87. The number of hydrogen-bond donors (Lipinski definition) is 0. The summed E-state index contributed by atoms with van der Waals surface area (Å²) in [6, 6.07) is 4.14. The molecule has 0 spiro atoms. The number of carbonyl (C=O) groups excluding carboxylic acids is 3. The number of piperazine rings is 1. The zero-order chi connectivity index (χ0) is 18.2. The fourth-order valence-corrected chi connectivity index (χ4v) is 4.58. The maximum absolute atomic E-state index is 12.6. The summed E-state index contributed by atoms with van der Waals surface area (Å²) >= 11 is 6.17. The first-order chi connectivity index (χ1) is 11.8. The SMILES string of the molecule is O=CN1CCN(C(=O)c2ccc(N3C(=O)CCS3(=O)=O)cc2Cl)CC1. The molecule has 134 valence electrons. The first kappa shape index (κ1) is 17.7. The Morgan fingerprint density at radius 3 is 2.36 bits per heavy atom. The molecule has 1 aromatic carbocycles. The normalized spacial score (nSPS) is 20.0. The van der Waals surface area contributed by atoms with E-state index in [1.807, 2.05) is 0 Å². The van der Waals surface area contributed by atoms with Crippen molar-refractivity contribution >= 4 is 45.5 Å². The molecule has 0 unspecified atom stereocenters. The number of benzene rings is 1. The zero-order valence-corrected chi connectivity index (χ0v) is 14.8. The van der Waals surface area contributed by atoms with Gasteiger partial charge in [0.25, 0.3) is 5.91 Å². The van der Waals surface area contributed by atoms with E-state index in [0.717, 1.165) is 10.7 Å². The molecular formula is C15H16ClN3O5S. The highest BCUT2D eigenvalue weighted by atomic mass is 35.5. The van der Waals surface area contributed by atoms with E-state index in [1.54, 1.807) is 9.80 Å². The molecule has 0 aromatic heterocycles. The van der Waals surface area contributed by atoms with Gasteiger partial charge in [0.2, 0.25) is 22.3 Å². The highest BCUT2D eigenvalue weighted by Gasteiger charge is 2.36. The third-order valence-electron chi connectivity index (χ3n) is 4.25. The van der Waals surface area contributed by atoms with Crippen LogP contribution in [0.4, 0.5) is 5.69 Å². The Morgan fingerprint density at radius 2 is 1.84 bits per heavy atom. The van der Waals surface area contributed by atoms with Crippen LogP contribution >= 0.6 is 11.6 Å². The molecule has 8 nitrogen and oxygen atoms in total. The second-order valence-corrected chi connectivity index (χ2v) is 8.17. The lowest BCUT2D eigenvalue weighted by molar-refractivity contribution is -0.119. The van der Waals surface area contributed by atoms with E-state index in [4.69, 9.17) is 11.6 Å². The monoisotopic (exact) mass is 385 g/mol. The van der Waals surface area contributed by atoms with E-state index in [0.29, 0.717) is 26.2 Å². The first-order valence-electron chi connectivity index (χ1n) is 7.67. The average molecular weight is 386 g/mol. The largest absolute Gasteiger partial charge is 0.342 e. The zero-order valence-electron chi connectivity index (χ0n) is 13.2. The van der Waals surface area contributed by atoms with Crippen LogP contribution in [0.2, 0.25) is 5.02 Å². The standard InChI is InChI=1S/C15H16ClN3O5S/c16-13-9-11(19-14(21)3-8-25(19,23)24)1-2-12(13)15(22)18-6-4-17(10-20)5-7-18/h1-2,9-10H,3-8H2. The van der Waals surface area contributed by atoms with Crippen LogP contribution in [-0.4, -0.2) is 68.4 Å². The van der Waals surface area contributed by atoms with Gasteiger partial charge in [-0.25, -0.2) is 12.7 Å². The van der Waals surface area contributed by atoms with Crippen molar-refractivity contribution in [3.8, 4) is 0 Å². The van der Waals surface area contributed by atoms with Crippen molar-refractivity contribution in [1.29, 1.82) is 0 Å². The topological polar surface area (TPSA) is 95.1 Å². The van der Waals surface area contributed by atoms with Gasteiger partial charge in [-0.15, -0.1) is 0 Å². The molecule has 1 aromatic rings. The number of hydrogen-bond acceptors (Lipinski definition) is 5. The summed E-state index contributed by atoms with van der Waals surface area (Å²) < 4.78 is 24.7. The van der Waals surface area contributed by atoms with Gasteiger partial charge in [0.1, 0.15) is 0 Å². The molecule has 2 fully saturated rings. The van der Waals surface area contributed by atoms with Gasteiger partial charge < -0.3 is 9.80 Å². The quantitative estimate of drug-likeness (QED) is 0.698. The van der Waals surface area contributed by atoms with Gasteiger partial charge in [-0.2, -0.15) is 0 Å². The predicted octanol–water partition coefficient (Wildman–Crippen LogP) is 0.321. The Morgan fingerprint density at radius 1 is 1.16 bits per heavy atom. The third kappa shape index (κ3) is 3.34. The summed E-state index contributed by atoms with van der Waals surface area (Å²) in [4.78, 5) is 38.3. The maximum atomic E-state index is 12.6. The Hall–Kier alpha value is -2.13. The number of amides is 3. The second-order valence-electron chi connectivity index (χ2n) is 5.82. The minimum atomic E-state index is -3.68.